The lowest BCUT2D eigenvalue weighted by Gasteiger charge is -2.12. The minimum absolute atomic E-state index is 0.617. The van der Waals surface area contributed by atoms with E-state index in [-0.39, 0.29) is 0 Å². The molecule has 0 fully saturated rings. The summed E-state index contributed by atoms with van der Waals surface area (Å²) in [5.74, 6) is 0. The minimum atomic E-state index is -4.29. The first-order chi connectivity index (χ1) is 9.88. The predicted octanol–water partition coefficient (Wildman–Crippen LogP) is 5.73. The maximum Gasteiger partial charge on any atom is 0.416 e. The third-order valence-electron chi connectivity index (χ3n) is 3.96. The molecular formula is C18H14F3. The van der Waals surface area contributed by atoms with E-state index >= 15 is 0 Å². The molecule has 0 saturated heterocycles. The van der Waals surface area contributed by atoms with Crippen molar-refractivity contribution in [1.82, 2.24) is 0 Å². The number of alkyl halides is 3. The van der Waals surface area contributed by atoms with Gasteiger partial charge >= 0.3 is 6.18 Å². The Labute approximate surface area is 121 Å². The van der Waals surface area contributed by atoms with E-state index in [1.54, 1.807) is 12.1 Å². The Kier molecular flexibility index (Phi) is 3.16. The third-order valence-corrected chi connectivity index (χ3v) is 3.96. The Morgan fingerprint density at radius 3 is 2.14 bits per heavy atom. The molecule has 0 amide bonds. The Morgan fingerprint density at radius 2 is 1.52 bits per heavy atom. The lowest BCUT2D eigenvalue weighted by molar-refractivity contribution is -0.137. The van der Waals surface area contributed by atoms with Crippen LogP contribution in [0.5, 0.6) is 0 Å². The highest BCUT2D eigenvalue weighted by atomic mass is 19.4. The van der Waals surface area contributed by atoms with Crippen LogP contribution in [0, 0.1) is 6.42 Å². The number of hydrogen-bond acceptors (Lipinski definition) is 0. The maximum atomic E-state index is 12.6. The zero-order valence-corrected chi connectivity index (χ0v) is 11.8. The van der Waals surface area contributed by atoms with Crippen LogP contribution in [0.15, 0.2) is 48.0 Å². The van der Waals surface area contributed by atoms with Crippen molar-refractivity contribution in [2.24, 2.45) is 0 Å². The van der Waals surface area contributed by atoms with Gasteiger partial charge in [-0.15, -0.1) is 0 Å². The highest BCUT2D eigenvalue weighted by Crippen LogP contribution is 2.40. The first-order valence-corrected chi connectivity index (χ1v) is 6.71. The summed E-state index contributed by atoms with van der Waals surface area (Å²) in [6, 6.07) is 11.3. The van der Waals surface area contributed by atoms with E-state index in [1.807, 2.05) is 32.0 Å². The highest BCUT2D eigenvalue weighted by molar-refractivity contribution is 5.89. The molecule has 2 aromatic rings. The molecule has 0 aliphatic heterocycles. The molecular weight excluding hydrogens is 273 g/mol. The molecule has 0 saturated carbocycles. The van der Waals surface area contributed by atoms with Gasteiger partial charge in [0, 0.05) is 6.42 Å². The molecule has 0 N–H and O–H groups in total. The van der Waals surface area contributed by atoms with E-state index < -0.39 is 11.7 Å². The second-order valence-corrected chi connectivity index (χ2v) is 5.30. The summed E-state index contributed by atoms with van der Waals surface area (Å²) in [4.78, 5) is 0. The normalized spacial score (nSPS) is 14.5. The first-order valence-electron chi connectivity index (χ1n) is 6.71. The van der Waals surface area contributed by atoms with Crippen molar-refractivity contribution >= 4 is 5.57 Å². The van der Waals surface area contributed by atoms with Gasteiger partial charge in [-0.05, 0) is 53.8 Å². The zero-order valence-electron chi connectivity index (χ0n) is 11.8. The van der Waals surface area contributed by atoms with Crippen molar-refractivity contribution in [2.45, 2.75) is 20.0 Å². The molecule has 1 radical (unpaired) electrons. The van der Waals surface area contributed by atoms with Crippen LogP contribution < -0.4 is 0 Å². The lowest BCUT2D eigenvalue weighted by Crippen LogP contribution is -2.04. The molecule has 0 bridgehead atoms. The molecule has 3 heteroatoms. The Hall–Kier alpha value is -2.03. The van der Waals surface area contributed by atoms with Crippen molar-refractivity contribution in [3.63, 3.8) is 0 Å². The number of benzene rings is 2. The predicted molar refractivity (Wildman–Crippen MR) is 78.6 cm³/mol. The monoisotopic (exact) mass is 287 g/mol. The Morgan fingerprint density at radius 1 is 0.857 bits per heavy atom. The van der Waals surface area contributed by atoms with Crippen LogP contribution >= 0.6 is 0 Å². The standard InChI is InChI=1S/C18H14F3/c1-11-10-14-4-3-5-16(17(14)12(11)2)13-6-8-15(9-7-13)18(19,20)21/h3-10H,1-2H3. The van der Waals surface area contributed by atoms with Gasteiger partial charge in [0.15, 0.2) is 0 Å². The summed E-state index contributed by atoms with van der Waals surface area (Å²) < 4.78 is 37.9. The van der Waals surface area contributed by atoms with E-state index in [0.29, 0.717) is 0 Å². The van der Waals surface area contributed by atoms with Crippen molar-refractivity contribution in [3.8, 4) is 11.1 Å². The van der Waals surface area contributed by atoms with Gasteiger partial charge in [0.1, 0.15) is 0 Å². The highest BCUT2D eigenvalue weighted by Gasteiger charge is 2.30. The zero-order chi connectivity index (χ0) is 15.2. The third kappa shape index (κ3) is 2.37. The quantitative estimate of drug-likeness (QED) is 0.628. The SMILES string of the molecule is CC1=C(C)c2c(cccc2-c2ccc(C(F)(F)F)cc2)[CH]1. The van der Waals surface area contributed by atoms with E-state index in [9.17, 15) is 13.2 Å². The van der Waals surface area contributed by atoms with Crippen LogP contribution in [-0.4, -0.2) is 0 Å². The van der Waals surface area contributed by atoms with Gasteiger partial charge < -0.3 is 0 Å². The van der Waals surface area contributed by atoms with Gasteiger partial charge in [0.05, 0.1) is 5.56 Å². The fourth-order valence-electron chi connectivity index (χ4n) is 2.73. The fraction of sp³-hybridized carbons (Fsp3) is 0.167. The number of halogens is 3. The van der Waals surface area contributed by atoms with Crippen LogP contribution in [-0.2, 0) is 6.18 Å². The van der Waals surface area contributed by atoms with Gasteiger partial charge in [-0.1, -0.05) is 35.9 Å². The summed E-state index contributed by atoms with van der Waals surface area (Å²) in [6.45, 7) is 4.09. The lowest BCUT2D eigenvalue weighted by atomic mass is 9.93. The van der Waals surface area contributed by atoms with Crippen molar-refractivity contribution in [1.29, 1.82) is 0 Å². The number of allylic oxidation sites excluding steroid dienone is 2. The number of fused-ring (bicyclic) bond motifs is 1. The van der Waals surface area contributed by atoms with E-state index in [4.69, 9.17) is 0 Å². The molecule has 107 valence electrons. The maximum absolute atomic E-state index is 12.6. The minimum Gasteiger partial charge on any atom is -0.166 e. The topological polar surface area (TPSA) is 0 Å². The molecule has 2 aromatic carbocycles. The first kappa shape index (κ1) is 13.9. The molecule has 0 spiro atoms. The van der Waals surface area contributed by atoms with Crippen LogP contribution in [0.2, 0.25) is 0 Å². The van der Waals surface area contributed by atoms with Crippen LogP contribution in [0.25, 0.3) is 16.7 Å². The second kappa shape index (κ2) is 4.76. The molecule has 0 unspecified atom stereocenters. The average molecular weight is 287 g/mol. The van der Waals surface area contributed by atoms with E-state index in [0.717, 1.165) is 34.4 Å². The fourth-order valence-corrected chi connectivity index (χ4v) is 2.73. The molecule has 0 atom stereocenters. The Balaban J connectivity index is 2.09. The van der Waals surface area contributed by atoms with Gasteiger partial charge in [-0.3, -0.25) is 0 Å². The smallest absolute Gasteiger partial charge is 0.166 e. The van der Waals surface area contributed by atoms with Gasteiger partial charge in [0.2, 0.25) is 0 Å². The van der Waals surface area contributed by atoms with Crippen LogP contribution in [0.1, 0.15) is 30.5 Å². The molecule has 0 aromatic heterocycles. The number of hydrogen-bond donors (Lipinski definition) is 0. The second-order valence-electron chi connectivity index (χ2n) is 5.30. The summed E-state index contributed by atoms with van der Waals surface area (Å²) in [5, 5.41) is 0. The summed E-state index contributed by atoms with van der Waals surface area (Å²) in [7, 11) is 0. The van der Waals surface area contributed by atoms with Crippen molar-refractivity contribution in [3.05, 3.63) is 71.1 Å². The number of rotatable bonds is 1. The van der Waals surface area contributed by atoms with Crippen molar-refractivity contribution in [2.75, 3.05) is 0 Å². The van der Waals surface area contributed by atoms with Crippen LogP contribution in [0.3, 0.4) is 0 Å². The average Bonchev–Trinajstić information content (AvgIpc) is 2.73. The molecule has 1 aliphatic rings. The van der Waals surface area contributed by atoms with Crippen LogP contribution in [0.4, 0.5) is 13.2 Å². The summed E-state index contributed by atoms with van der Waals surface area (Å²) >= 11 is 0. The molecule has 0 nitrogen and oxygen atoms in total. The van der Waals surface area contributed by atoms with Crippen molar-refractivity contribution < 1.29 is 13.2 Å². The van der Waals surface area contributed by atoms with E-state index in [2.05, 4.69) is 6.42 Å². The summed E-state index contributed by atoms with van der Waals surface area (Å²) in [6.07, 6.45) is -2.18. The molecule has 3 rings (SSSR count). The molecule has 0 heterocycles. The van der Waals surface area contributed by atoms with E-state index in [1.165, 1.54) is 11.1 Å². The Bertz CT molecular complexity index is 719. The largest absolute Gasteiger partial charge is 0.416 e. The summed E-state index contributed by atoms with van der Waals surface area (Å²) in [5.41, 5.74) is 5.80. The van der Waals surface area contributed by atoms with Gasteiger partial charge in [-0.2, -0.15) is 13.2 Å². The van der Waals surface area contributed by atoms with Gasteiger partial charge in [-0.25, -0.2) is 0 Å². The molecule has 1 aliphatic carbocycles. The van der Waals surface area contributed by atoms with Gasteiger partial charge in [0.25, 0.3) is 0 Å². The molecule has 21 heavy (non-hydrogen) atoms.